The summed E-state index contributed by atoms with van der Waals surface area (Å²) in [6.07, 6.45) is 3.34. The molecule has 1 unspecified atom stereocenters. The van der Waals surface area contributed by atoms with Crippen molar-refractivity contribution in [3.63, 3.8) is 0 Å². The smallest absolute Gasteiger partial charge is 0.189 e. The normalized spacial score (nSPS) is 14.0. The lowest BCUT2D eigenvalue weighted by Crippen LogP contribution is -2.39. The van der Waals surface area contributed by atoms with E-state index < -0.39 is 20.6 Å². The lowest BCUT2D eigenvalue weighted by Gasteiger charge is -2.36. The van der Waals surface area contributed by atoms with Gasteiger partial charge in [-0.05, 0) is 55.2 Å². The minimum atomic E-state index is -2.46. The Morgan fingerprint density at radius 3 is 1.74 bits per heavy atom. The van der Waals surface area contributed by atoms with Crippen molar-refractivity contribution < 1.29 is 38.3 Å². The van der Waals surface area contributed by atoms with Gasteiger partial charge in [0, 0.05) is 37.8 Å². The largest absolute Gasteiger partial charge is 0.467 e. The van der Waals surface area contributed by atoms with Gasteiger partial charge in [0.2, 0.25) is 0 Å². The zero-order chi connectivity index (χ0) is 30.8. The zero-order valence-corrected chi connectivity index (χ0v) is 26.8. The van der Waals surface area contributed by atoms with E-state index in [9.17, 15) is 9.90 Å². The molecule has 0 amide bonds. The Labute approximate surface area is 251 Å². The fraction of sp³-hybridized carbons (Fsp3) is 0.548. The Kier molecular flexibility index (Phi) is 15.9. The van der Waals surface area contributed by atoms with E-state index in [1.807, 2.05) is 61.6 Å². The maximum absolute atomic E-state index is 11.2. The van der Waals surface area contributed by atoms with Crippen LogP contribution in [-0.2, 0) is 18.9 Å². The van der Waals surface area contributed by atoms with Gasteiger partial charge < -0.3 is 38.3 Å². The SMILES string of the molecule is COCCOCOc1ccccc1C=NC(O)[C@H](CCC(C)(C)[Si](C)(C)O)N=Cc1ccccc1OCOCCOC. The highest BCUT2D eigenvalue weighted by Crippen LogP contribution is 2.40. The summed E-state index contributed by atoms with van der Waals surface area (Å²) in [5.74, 6) is 1.19. The second-order valence-corrected chi connectivity index (χ2v) is 15.4. The molecule has 234 valence electrons. The topological polar surface area (TPSA) is 121 Å². The molecule has 0 aliphatic rings. The fourth-order valence-corrected chi connectivity index (χ4v) is 4.35. The fourth-order valence-electron chi connectivity index (χ4n) is 3.60. The highest BCUT2D eigenvalue weighted by molar-refractivity contribution is 6.72. The van der Waals surface area contributed by atoms with Crippen LogP contribution in [0.5, 0.6) is 11.5 Å². The van der Waals surface area contributed by atoms with Crippen LogP contribution in [0.2, 0.25) is 18.1 Å². The summed E-state index contributed by atoms with van der Waals surface area (Å²) in [6.45, 7) is 9.93. The maximum atomic E-state index is 11.2. The van der Waals surface area contributed by atoms with E-state index in [0.29, 0.717) is 56.3 Å². The molecule has 0 saturated carbocycles. The molecule has 0 saturated heterocycles. The summed E-state index contributed by atoms with van der Waals surface area (Å²) < 4.78 is 32.4. The number of rotatable bonds is 21. The van der Waals surface area contributed by atoms with Crippen LogP contribution in [0.25, 0.3) is 0 Å². The van der Waals surface area contributed by atoms with Crippen molar-refractivity contribution >= 4 is 20.7 Å². The number of aliphatic hydroxyl groups excluding tert-OH is 1. The zero-order valence-electron chi connectivity index (χ0n) is 25.8. The summed E-state index contributed by atoms with van der Waals surface area (Å²) in [7, 11) is 0.767. The van der Waals surface area contributed by atoms with E-state index in [1.54, 1.807) is 26.6 Å². The van der Waals surface area contributed by atoms with Crippen molar-refractivity contribution in [2.75, 3.05) is 54.2 Å². The summed E-state index contributed by atoms with van der Waals surface area (Å²) in [4.78, 5) is 20.0. The van der Waals surface area contributed by atoms with Gasteiger partial charge in [-0.1, -0.05) is 38.1 Å². The third-order valence-corrected chi connectivity index (χ3v) is 10.7. The first-order valence-corrected chi connectivity index (χ1v) is 17.1. The van der Waals surface area contributed by atoms with E-state index in [4.69, 9.17) is 33.4 Å². The second kappa shape index (κ2) is 18.8. The predicted octanol–water partition coefficient (Wildman–Crippen LogP) is 4.67. The number of para-hydroxylation sites is 2. The van der Waals surface area contributed by atoms with Crippen LogP contribution in [0.3, 0.4) is 0 Å². The molecular formula is C31H48N2O8Si. The molecule has 0 heterocycles. The van der Waals surface area contributed by atoms with Crippen LogP contribution in [0.4, 0.5) is 0 Å². The number of aliphatic hydroxyl groups is 1. The summed E-state index contributed by atoms with van der Waals surface area (Å²) in [6, 6.07) is 14.3. The average Bonchev–Trinajstić information content (AvgIpc) is 2.96. The number of hydrogen-bond donors (Lipinski definition) is 2. The molecule has 2 aromatic carbocycles. The molecular weight excluding hydrogens is 556 g/mol. The number of hydrogen-bond acceptors (Lipinski definition) is 10. The molecule has 10 nitrogen and oxygen atoms in total. The van der Waals surface area contributed by atoms with Gasteiger partial charge >= 0.3 is 0 Å². The van der Waals surface area contributed by atoms with Crippen LogP contribution in [0.1, 0.15) is 37.8 Å². The Bertz CT molecular complexity index is 1090. The summed E-state index contributed by atoms with van der Waals surface area (Å²) >= 11 is 0. The summed E-state index contributed by atoms with van der Waals surface area (Å²) in [5, 5.41) is 10.9. The third-order valence-electron chi connectivity index (χ3n) is 7.13. The minimum absolute atomic E-state index is 0.0680. The molecule has 0 radical (unpaired) electrons. The standard InChI is InChI=1S/C31H48N2O8Si/c1-31(2,42(5,6)35)16-15-27(32-21-25-11-7-9-13-28(25)40-23-38-19-17-36-3)30(34)33-22-26-12-8-10-14-29(26)41-24-39-20-18-37-4/h7-14,21-22,27,30,34-35H,15-20,23-24H2,1-6H3/t27-,30?/m0/s1. The first-order chi connectivity index (χ1) is 20.1. The first-order valence-electron chi connectivity index (χ1n) is 14.1. The van der Waals surface area contributed by atoms with Gasteiger partial charge in [0.15, 0.2) is 28.1 Å². The monoisotopic (exact) mass is 604 g/mol. The van der Waals surface area contributed by atoms with Gasteiger partial charge in [-0.15, -0.1) is 0 Å². The van der Waals surface area contributed by atoms with E-state index in [1.165, 1.54) is 0 Å². The van der Waals surface area contributed by atoms with Gasteiger partial charge in [-0.2, -0.15) is 0 Å². The van der Waals surface area contributed by atoms with Gasteiger partial charge in [0.25, 0.3) is 0 Å². The van der Waals surface area contributed by atoms with Crippen molar-refractivity contribution in [2.45, 2.75) is 57.1 Å². The maximum Gasteiger partial charge on any atom is 0.189 e. The Morgan fingerprint density at radius 1 is 0.786 bits per heavy atom. The number of aliphatic imine (C=N–C) groups is 2. The predicted molar refractivity (Wildman–Crippen MR) is 167 cm³/mol. The quantitative estimate of drug-likeness (QED) is 0.0913. The summed E-state index contributed by atoms with van der Waals surface area (Å²) in [5.41, 5.74) is 1.45. The first kappa shape index (κ1) is 35.6. The van der Waals surface area contributed by atoms with Gasteiger partial charge in [-0.25, -0.2) is 0 Å². The average molecular weight is 605 g/mol. The van der Waals surface area contributed by atoms with Crippen molar-refractivity contribution in [1.29, 1.82) is 0 Å². The molecule has 2 rings (SSSR count). The van der Waals surface area contributed by atoms with Crippen LogP contribution in [0.15, 0.2) is 58.5 Å². The van der Waals surface area contributed by atoms with Crippen LogP contribution >= 0.6 is 0 Å². The second-order valence-electron chi connectivity index (χ2n) is 10.9. The molecule has 0 fully saturated rings. The van der Waals surface area contributed by atoms with Crippen LogP contribution in [0, 0.1) is 0 Å². The Hall–Kier alpha value is -2.64. The molecule has 0 aliphatic heterocycles. The van der Waals surface area contributed by atoms with E-state index in [2.05, 4.69) is 18.8 Å². The van der Waals surface area contributed by atoms with Gasteiger partial charge in [0.1, 0.15) is 11.5 Å². The Morgan fingerprint density at radius 2 is 1.26 bits per heavy atom. The number of methoxy groups -OCH3 is 2. The number of benzene rings is 2. The van der Waals surface area contributed by atoms with Gasteiger partial charge in [0.05, 0.1) is 32.5 Å². The molecule has 11 heteroatoms. The van der Waals surface area contributed by atoms with Crippen LogP contribution in [-0.4, -0.2) is 97.2 Å². The molecule has 0 spiro atoms. The van der Waals surface area contributed by atoms with E-state index in [0.717, 1.165) is 5.56 Å². The molecule has 2 atom stereocenters. The highest BCUT2D eigenvalue weighted by Gasteiger charge is 2.38. The molecule has 42 heavy (non-hydrogen) atoms. The molecule has 0 bridgehead atoms. The lowest BCUT2D eigenvalue weighted by atomic mass is 10.0. The molecule has 2 N–H and O–H groups in total. The lowest BCUT2D eigenvalue weighted by molar-refractivity contribution is -0.00863. The molecule has 0 aliphatic carbocycles. The highest BCUT2D eigenvalue weighted by atomic mass is 28.4. The van der Waals surface area contributed by atoms with Crippen molar-refractivity contribution in [3.8, 4) is 11.5 Å². The van der Waals surface area contributed by atoms with E-state index in [-0.39, 0.29) is 18.6 Å². The van der Waals surface area contributed by atoms with E-state index >= 15 is 0 Å². The Balaban J connectivity index is 2.21. The third kappa shape index (κ3) is 12.7. The van der Waals surface area contributed by atoms with Crippen molar-refractivity contribution in [3.05, 3.63) is 59.7 Å². The number of nitrogens with zero attached hydrogens (tertiary/aromatic N) is 2. The van der Waals surface area contributed by atoms with Crippen molar-refractivity contribution in [1.82, 2.24) is 0 Å². The van der Waals surface area contributed by atoms with Crippen LogP contribution < -0.4 is 9.47 Å². The number of ether oxygens (including phenoxy) is 6. The van der Waals surface area contributed by atoms with Crippen molar-refractivity contribution in [2.24, 2.45) is 9.98 Å². The molecule has 2 aromatic rings. The molecule has 0 aromatic heterocycles. The van der Waals surface area contributed by atoms with Gasteiger partial charge in [-0.3, -0.25) is 9.98 Å². The minimum Gasteiger partial charge on any atom is -0.467 e.